The van der Waals surface area contributed by atoms with Crippen LogP contribution in [0.3, 0.4) is 0 Å². The van der Waals surface area contributed by atoms with Crippen molar-refractivity contribution in [2.75, 3.05) is 31.6 Å². The number of likely N-dealkylation sites (tertiary alicyclic amines) is 2. The van der Waals surface area contributed by atoms with Gasteiger partial charge in [0, 0.05) is 66.8 Å². The van der Waals surface area contributed by atoms with Crippen molar-refractivity contribution in [2.24, 2.45) is 0 Å². The standard InChI is InChI=1S/C33H35F3N4O/c1-21-10-22(2)12-24(11-21)18-40-20-27-17-28(40)19-39(27)8-9-41-29-15-25(33(34,35)36)14-26(16-29)38-32-13-23(3)37-31-7-5-4-6-30(31)32/h4-7,10-16,27-28H,8-9,17-20H2,1-3H3,(H,37,38)/t27-,28-/m0/s1. The number of benzene rings is 3. The number of halogens is 3. The molecule has 0 amide bonds. The molecule has 2 aliphatic rings. The molecule has 8 heteroatoms. The first kappa shape index (κ1) is 27.5. The summed E-state index contributed by atoms with van der Waals surface area (Å²) in [4.78, 5) is 9.51. The number of nitrogens with zero attached hydrogens (tertiary/aromatic N) is 3. The van der Waals surface area contributed by atoms with E-state index in [4.69, 9.17) is 4.74 Å². The minimum atomic E-state index is -4.49. The van der Waals surface area contributed by atoms with Gasteiger partial charge in [0.1, 0.15) is 12.4 Å². The molecule has 214 valence electrons. The number of ether oxygens (including phenoxy) is 1. The Hall–Kier alpha value is -3.62. The fraction of sp³-hybridized carbons (Fsp3) is 0.364. The van der Waals surface area contributed by atoms with Crippen molar-refractivity contribution in [1.82, 2.24) is 14.8 Å². The molecule has 2 bridgehead atoms. The molecule has 41 heavy (non-hydrogen) atoms. The molecule has 0 radical (unpaired) electrons. The van der Waals surface area contributed by atoms with Crippen LogP contribution in [0.4, 0.5) is 24.5 Å². The molecule has 0 spiro atoms. The Kier molecular flexibility index (Phi) is 7.38. The fourth-order valence-corrected chi connectivity index (χ4v) is 6.46. The van der Waals surface area contributed by atoms with Gasteiger partial charge in [-0.3, -0.25) is 14.8 Å². The molecule has 3 heterocycles. The van der Waals surface area contributed by atoms with Crippen molar-refractivity contribution in [3.63, 3.8) is 0 Å². The molecule has 0 saturated carbocycles. The summed E-state index contributed by atoms with van der Waals surface area (Å²) in [6, 6.07) is 21.0. The maximum atomic E-state index is 13.8. The second-order valence-corrected chi connectivity index (χ2v) is 11.5. The SMILES string of the molecule is Cc1cc(C)cc(CN2C[C@@H]3C[C@H]2CN3CCOc2cc(Nc3cc(C)nc4ccccc34)cc(C(F)(F)F)c2)c1. The number of piperazine rings is 1. The lowest BCUT2D eigenvalue weighted by molar-refractivity contribution is -0.137. The molecule has 0 aliphatic carbocycles. The van der Waals surface area contributed by atoms with Crippen molar-refractivity contribution in [3.8, 4) is 5.75 Å². The molecule has 2 atom stereocenters. The van der Waals surface area contributed by atoms with Gasteiger partial charge < -0.3 is 10.1 Å². The lowest BCUT2D eigenvalue weighted by atomic mass is 10.1. The number of nitrogens with one attached hydrogen (secondary N) is 1. The number of hydrogen-bond acceptors (Lipinski definition) is 5. The third kappa shape index (κ3) is 6.19. The Morgan fingerprint density at radius 1 is 0.902 bits per heavy atom. The highest BCUT2D eigenvalue weighted by Crippen LogP contribution is 2.36. The number of anilines is 2. The highest BCUT2D eigenvalue weighted by molar-refractivity contribution is 5.93. The van der Waals surface area contributed by atoms with Crippen LogP contribution < -0.4 is 10.1 Å². The van der Waals surface area contributed by atoms with E-state index < -0.39 is 11.7 Å². The van der Waals surface area contributed by atoms with Gasteiger partial charge in [-0.25, -0.2) is 0 Å². The van der Waals surface area contributed by atoms with Crippen molar-refractivity contribution >= 4 is 22.3 Å². The summed E-state index contributed by atoms with van der Waals surface area (Å²) >= 11 is 0. The van der Waals surface area contributed by atoms with Crippen LogP contribution in [0.2, 0.25) is 0 Å². The van der Waals surface area contributed by atoms with Crippen LogP contribution in [0.15, 0.2) is 66.7 Å². The van der Waals surface area contributed by atoms with Crippen LogP contribution in [0, 0.1) is 20.8 Å². The summed E-state index contributed by atoms with van der Waals surface area (Å²) in [6.45, 7) is 10.1. The highest BCUT2D eigenvalue weighted by Gasteiger charge is 2.42. The molecule has 1 aromatic heterocycles. The monoisotopic (exact) mass is 560 g/mol. The Morgan fingerprint density at radius 2 is 1.63 bits per heavy atom. The van der Waals surface area contributed by atoms with E-state index in [0.717, 1.165) is 54.8 Å². The molecule has 2 fully saturated rings. The lowest BCUT2D eigenvalue weighted by Crippen LogP contribution is -2.47. The Morgan fingerprint density at radius 3 is 2.37 bits per heavy atom. The predicted molar refractivity (Wildman–Crippen MR) is 157 cm³/mol. The van der Waals surface area contributed by atoms with Gasteiger partial charge in [-0.15, -0.1) is 0 Å². The lowest BCUT2D eigenvalue weighted by Gasteiger charge is -2.34. The van der Waals surface area contributed by atoms with E-state index in [2.05, 4.69) is 52.1 Å². The maximum absolute atomic E-state index is 13.8. The predicted octanol–water partition coefficient (Wildman–Crippen LogP) is 7.26. The molecular weight excluding hydrogens is 525 g/mol. The maximum Gasteiger partial charge on any atom is 0.416 e. The molecular formula is C33H35F3N4O. The largest absolute Gasteiger partial charge is 0.492 e. The van der Waals surface area contributed by atoms with E-state index >= 15 is 0 Å². The number of aryl methyl sites for hydroxylation is 3. The van der Waals surface area contributed by atoms with Gasteiger partial charge in [0.25, 0.3) is 0 Å². The fourth-order valence-electron chi connectivity index (χ4n) is 6.46. The van der Waals surface area contributed by atoms with Crippen molar-refractivity contribution < 1.29 is 17.9 Å². The minimum absolute atomic E-state index is 0.207. The van der Waals surface area contributed by atoms with Gasteiger partial charge in [0.15, 0.2) is 0 Å². The van der Waals surface area contributed by atoms with Gasteiger partial charge in [0.05, 0.1) is 11.1 Å². The average molecular weight is 561 g/mol. The third-order valence-corrected chi connectivity index (χ3v) is 8.14. The summed E-state index contributed by atoms with van der Waals surface area (Å²) in [7, 11) is 0. The Labute approximate surface area is 238 Å². The first-order chi connectivity index (χ1) is 19.6. The highest BCUT2D eigenvalue weighted by atomic mass is 19.4. The molecule has 2 aliphatic heterocycles. The number of rotatable bonds is 8. The second kappa shape index (κ2) is 11.0. The van der Waals surface area contributed by atoms with Crippen molar-refractivity contribution in [3.05, 3.63) is 94.7 Å². The molecule has 3 aromatic carbocycles. The molecule has 0 unspecified atom stereocenters. The number of para-hydroxylation sites is 1. The van der Waals surface area contributed by atoms with Crippen molar-refractivity contribution in [1.29, 1.82) is 0 Å². The van der Waals surface area contributed by atoms with E-state index in [1.807, 2.05) is 37.3 Å². The van der Waals surface area contributed by atoms with Gasteiger partial charge in [-0.1, -0.05) is 47.5 Å². The van der Waals surface area contributed by atoms with Crippen molar-refractivity contribution in [2.45, 2.75) is 52.0 Å². The van der Waals surface area contributed by atoms with E-state index in [-0.39, 0.29) is 5.75 Å². The van der Waals surface area contributed by atoms with Gasteiger partial charge in [0.2, 0.25) is 0 Å². The first-order valence-corrected chi connectivity index (χ1v) is 14.1. The number of alkyl halides is 3. The smallest absolute Gasteiger partial charge is 0.416 e. The Bertz CT molecular complexity index is 1550. The van der Waals surface area contributed by atoms with E-state index in [1.165, 1.54) is 16.7 Å². The zero-order valence-electron chi connectivity index (χ0n) is 23.6. The van der Waals surface area contributed by atoms with Crippen LogP contribution in [-0.4, -0.2) is 53.1 Å². The van der Waals surface area contributed by atoms with Crippen LogP contribution in [-0.2, 0) is 12.7 Å². The van der Waals surface area contributed by atoms with Gasteiger partial charge in [-0.05, 0) is 57.0 Å². The number of pyridine rings is 1. The summed E-state index contributed by atoms with van der Waals surface area (Å²) in [5.74, 6) is 0.207. The average Bonchev–Trinajstić information content (AvgIpc) is 3.48. The molecule has 2 saturated heterocycles. The minimum Gasteiger partial charge on any atom is -0.492 e. The molecule has 6 rings (SSSR count). The van der Waals surface area contributed by atoms with E-state index in [1.54, 1.807) is 6.07 Å². The quantitative estimate of drug-likeness (QED) is 0.246. The van der Waals surface area contributed by atoms with Gasteiger partial charge in [-0.2, -0.15) is 13.2 Å². The normalized spacial score (nSPS) is 19.3. The van der Waals surface area contributed by atoms with Crippen LogP contribution in [0.5, 0.6) is 5.75 Å². The zero-order valence-corrected chi connectivity index (χ0v) is 23.6. The van der Waals surface area contributed by atoms with Crippen LogP contribution in [0.25, 0.3) is 10.9 Å². The van der Waals surface area contributed by atoms with E-state index in [9.17, 15) is 13.2 Å². The number of fused-ring (bicyclic) bond motifs is 3. The first-order valence-electron chi connectivity index (χ1n) is 14.1. The van der Waals surface area contributed by atoms with Crippen LogP contribution in [0.1, 0.15) is 34.4 Å². The summed E-state index contributed by atoms with van der Waals surface area (Å²) < 4.78 is 47.4. The summed E-state index contributed by atoms with van der Waals surface area (Å²) in [5.41, 5.74) is 5.79. The van der Waals surface area contributed by atoms with Gasteiger partial charge >= 0.3 is 6.18 Å². The summed E-state index contributed by atoms with van der Waals surface area (Å²) in [5, 5.41) is 4.03. The zero-order chi connectivity index (χ0) is 28.7. The molecule has 1 N–H and O–H groups in total. The molecule has 5 nitrogen and oxygen atoms in total. The summed E-state index contributed by atoms with van der Waals surface area (Å²) in [6.07, 6.45) is -3.36. The topological polar surface area (TPSA) is 40.6 Å². The van der Waals surface area contributed by atoms with E-state index in [0.29, 0.717) is 36.6 Å². The Balaban J connectivity index is 1.11. The van der Waals surface area contributed by atoms with Crippen LogP contribution >= 0.6 is 0 Å². The molecule has 4 aromatic rings. The second-order valence-electron chi connectivity index (χ2n) is 11.5. The number of hydrogen-bond donors (Lipinski definition) is 1. The number of aromatic nitrogens is 1. The third-order valence-electron chi connectivity index (χ3n) is 8.14.